The van der Waals surface area contributed by atoms with Crippen LogP contribution in [0.2, 0.25) is 0 Å². The van der Waals surface area contributed by atoms with Gasteiger partial charge in [-0.3, -0.25) is 4.79 Å². The normalized spacial score (nSPS) is 10.8. The number of aromatic nitrogens is 2. The first-order chi connectivity index (χ1) is 10.5. The zero-order valence-electron chi connectivity index (χ0n) is 12.8. The van der Waals surface area contributed by atoms with Crippen LogP contribution in [0.3, 0.4) is 0 Å². The van der Waals surface area contributed by atoms with Gasteiger partial charge in [0, 0.05) is 19.2 Å². The van der Waals surface area contributed by atoms with E-state index >= 15 is 0 Å². The van der Waals surface area contributed by atoms with Crippen LogP contribution >= 0.6 is 0 Å². The number of rotatable bonds is 6. The number of ether oxygens (including phenoxy) is 1. The molecule has 0 aliphatic rings. The molecule has 0 spiro atoms. The maximum absolute atomic E-state index is 12.0. The molecule has 0 saturated heterocycles. The smallest absolute Gasteiger partial charge is 0.316 e. The topological polar surface area (TPSA) is 88.7 Å². The summed E-state index contributed by atoms with van der Waals surface area (Å²) >= 11 is 0. The Hall–Kier alpha value is -2.41. The molecule has 0 atom stereocenters. The number of benzene rings is 1. The van der Waals surface area contributed by atoms with Crippen LogP contribution in [0.4, 0.5) is 0 Å². The second-order valence-corrected chi connectivity index (χ2v) is 5.06. The molecule has 2 aromatic rings. The van der Waals surface area contributed by atoms with Crippen molar-refractivity contribution in [3.63, 3.8) is 0 Å². The Kier molecular flexibility index (Phi) is 5.11. The summed E-state index contributed by atoms with van der Waals surface area (Å²) in [6.45, 7) is 3.99. The van der Waals surface area contributed by atoms with Gasteiger partial charge in [-0.05, 0) is 38.1 Å². The minimum absolute atomic E-state index is 0.0994. The first kappa shape index (κ1) is 16.0. The van der Waals surface area contributed by atoms with Gasteiger partial charge in [-0.25, -0.2) is 0 Å². The van der Waals surface area contributed by atoms with E-state index in [9.17, 15) is 4.79 Å². The Labute approximate surface area is 128 Å². The van der Waals surface area contributed by atoms with Crippen LogP contribution in [0.5, 0.6) is 5.75 Å². The highest BCUT2D eigenvalue weighted by Gasteiger charge is 2.19. The predicted molar refractivity (Wildman–Crippen MR) is 79.5 cm³/mol. The minimum Gasteiger partial charge on any atom is -0.491 e. The summed E-state index contributed by atoms with van der Waals surface area (Å²) in [7, 11) is 1.56. The Morgan fingerprint density at radius 3 is 2.64 bits per heavy atom. The third kappa shape index (κ3) is 3.82. The predicted octanol–water partition coefficient (Wildman–Crippen LogP) is 1.59. The van der Waals surface area contributed by atoms with E-state index < -0.39 is 5.91 Å². The van der Waals surface area contributed by atoms with Gasteiger partial charge in [-0.15, -0.1) is 0 Å². The fourth-order valence-electron chi connectivity index (χ4n) is 1.80. The number of likely N-dealkylation sites (N-methyl/N-ethyl adjacent to an activating group) is 1. The van der Waals surface area contributed by atoms with E-state index in [0.717, 1.165) is 11.3 Å². The zero-order chi connectivity index (χ0) is 16.1. The Morgan fingerprint density at radius 1 is 1.36 bits per heavy atom. The van der Waals surface area contributed by atoms with Crippen LogP contribution in [0.15, 0.2) is 28.8 Å². The summed E-state index contributed by atoms with van der Waals surface area (Å²) in [6, 6.07) is 7.22. The first-order valence-corrected chi connectivity index (χ1v) is 6.98. The molecule has 0 radical (unpaired) electrons. The molecule has 1 aromatic carbocycles. The lowest BCUT2D eigenvalue weighted by atomic mass is 10.2. The third-order valence-corrected chi connectivity index (χ3v) is 2.88. The van der Waals surface area contributed by atoms with Crippen LogP contribution < -0.4 is 4.74 Å². The maximum atomic E-state index is 12.0. The number of carbonyl (C=O) groups is 1. The lowest BCUT2D eigenvalue weighted by Crippen LogP contribution is -2.29. The van der Waals surface area contributed by atoms with E-state index in [0.29, 0.717) is 5.82 Å². The minimum atomic E-state index is -0.424. The SMILES string of the molecule is CC(C)Oc1ccc(-c2noc(C(=O)N(C)CCO)n2)cc1. The van der Waals surface area contributed by atoms with Crippen LogP contribution in [-0.2, 0) is 0 Å². The Bertz CT molecular complexity index is 622. The Balaban J connectivity index is 2.12. The molecule has 1 aromatic heterocycles. The molecule has 7 heteroatoms. The van der Waals surface area contributed by atoms with Gasteiger partial charge in [0.1, 0.15) is 5.75 Å². The highest BCUT2D eigenvalue weighted by Crippen LogP contribution is 2.21. The van der Waals surface area contributed by atoms with Crippen molar-refractivity contribution in [3.8, 4) is 17.1 Å². The van der Waals surface area contributed by atoms with Crippen molar-refractivity contribution in [2.75, 3.05) is 20.2 Å². The van der Waals surface area contributed by atoms with Crippen LogP contribution in [-0.4, -0.2) is 52.4 Å². The average molecular weight is 305 g/mol. The van der Waals surface area contributed by atoms with E-state index in [1.165, 1.54) is 4.90 Å². The second-order valence-electron chi connectivity index (χ2n) is 5.06. The van der Waals surface area contributed by atoms with Crippen molar-refractivity contribution >= 4 is 5.91 Å². The van der Waals surface area contributed by atoms with Gasteiger partial charge in [0.2, 0.25) is 5.82 Å². The van der Waals surface area contributed by atoms with Crippen molar-refractivity contribution < 1.29 is 19.2 Å². The van der Waals surface area contributed by atoms with Gasteiger partial charge in [0.25, 0.3) is 0 Å². The average Bonchev–Trinajstić information content (AvgIpc) is 2.96. The summed E-state index contributed by atoms with van der Waals surface area (Å²) in [5, 5.41) is 12.6. The van der Waals surface area contributed by atoms with Crippen molar-refractivity contribution in [3.05, 3.63) is 30.2 Å². The van der Waals surface area contributed by atoms with Gasteiger partial charge in [-0.1, -0.05) is 5.16 Å². The number of hydrogen-bond acceptors (Lipinski definition) is 6. The van der Waals surface area contributed by atoms with Crippen molar-refractivity contribution in [2.45, 2.75) is 20.0 Å². The number of nitrogens with zero attached hydrogens (tertiary/aromatic N) is 3. The molecule has 2 rings (SSSR count). The number of aliphatic hydroxyl groups excluding tert-OH is 1. The Morgan fingerprint density at radius 2 is 2.05 bits per heavy atom. The quantitative estimate of drug-likeness (QED) is 0.872. The molecular formula is C15H19N3O4. The van der Waals surface area contributed by atoms with Crippen LogP contribution in [0, 0.1) is 0 Å². The van der Waals surface area contributed by atoms with Crippen LogP contribution in [0.25, 0.3) is 11.4 Å². The van der Waals surface area contributed by atoms with Gasteiger partial charge in [0.05, 0.1) is 12.7 Å². The van der Waals surface area contributed by atoms with Crippen molar-refractivity contribution in [2.24, 2.45) is 0 Å². The summed E-state index contributed by atoms with van der Waals surface area (Å²) < 4.78 is 10.5. The fraction of sp³-hybridized carbons (Fsp3) is 0.400. The molecule has 0 aliphatic heterocycles. The molecule has 0 fully saturated rings. The molecule has 0 aliphatic carbocycles. The molecular weight excluding hydrogens is 286 g/mol. The van der Waals surface area contributed by atoms with Crippen molar-refractivity contribution in [1.29, 1.82) is 0 Å². The van der Waals surface area contributed by atoms with E-state index in [1.54, 1.807) is 19.2 Å². The number of amides is 1. The second kappa shape index (κ2) is 7.04. The van der Waals surface area contributed by atoms with Gasteiger partial charge < -0.3 is 19.3 Å². The molecule has 1 amide bonds. The van der Waals surface area contributed by atoms with Crippen molar-refractivity contribution in [1.82, 2.24) is 15.0 Å². The van der Waals surface area contributed by atoms with Gasteiger partial charge in [-0.2, -0.15) is 4.98 Å². The molecule has 0 bridgehead atoms. The lowest BCUT2D eigenvalue weighted by Gasteiger charge is -2.11. The van der Waals surface area contributed by atoms with Gasteiger partial charge >= 0.3 is 11.8 Å². The first-order valence-electron chi connectivity index (χ1n) is 6.98. The van der Waals surface area contributed by atoms with E-state index in [2.05, 4.69) is 10.1 Å². The largest absolute Gasteiger partial charge is 0.491 e. The molecule has 7 nitrogen and oxygen atoms in total. The highest BCUT2D eigenvalue weighted by atomic mass is 16.5. The van der Waals surface area contributed by atoms with Gasteiger partial charge in [0.15, 0.2) is 0 Å². The number of aliphatic hydroxyl groups is 1. The summed E-state index contributed by atoms with van der Waals surface area (Å²) in [5.74, 6) is 0.555. The number of carbonyl (C=O) groups excluding carboxylic acids is 1. The van der Waals surface area contributed by atoms with E-state index in [4.69, 9.17) is 14.4 Å². The molecule has 0 unspecified atom stereocenters. The molecule has 22 heavy (non-hydrogen) atoms. The summed E-state index contributed by atoms with van der Waals surface area (Å²) in [4.78, 5) is 17.4. The molecule has 0 saturated carbocycles. The lowest BCUT2D eigenvalue weighted by molar-refractivity contribution is 0.0718. The molecule has 118 valence electrons. The molecule has 1 N–H and O–H groups in total. The standard InChI is InChI=1S/C15H19N3O4/c1-10(2)21-12-6-4-11(5-7-12)13-16-14(22-17-13)15(20)18(3)8-9-19/h4-7,10,19H,8-9H2,1-3H3. The highest BCUT2D eigenvalue weighted by molar-refractivity contribution is 5.89. The van der Waals surface area contributed by atoms with E-state index in [-0.39, 0.29) is 25.1 Å². The van der Waals surface area contributed by atoms with E-state index in [1.807, 2.05) is 26.0 Å². The summed E-state index contributed by atoms with van der Waals surface area (Å²) in [5.41, 5.74) is 0.726. The number of hydrogen-bond donors (Lipinski definition) is 1. The zero-order valence-corrected chi connectivity index (χ0v) is 12.8. The third-order valence-electron chi connectivity index (χ3n) is 2.88. The summed E-state index contributed by atoms with van der Waals surface area (Å²) in [6.07, 6.45) is 0.0994. The molecule has 1 heterocycles. The van der Waals surface area contributed by atoms with Crippen LogP contribution in [0.1, 0.15) is 24.5 Å². The maximum Gasteiger partial charge on any atom is 0.316 e. The monoisotopic (exact) mass is 305 g/mol. The fourth-order valence-corrected chi connectivity index (χ4v) is 1.80.